The van der Waals surface area contributed by atoms with Crippen LogP contribution in [0.1, 0.15) is 5.56 Å². The number of pyridine rings is 1. The number of nitrogens with zero attached hydrogens (tertiary/aromatic N) is 2. The summed E-state index contributed by atoms with van der Waals surface area (Å²) in [6, 6.07) is 13.7. The van der Waals surface area contributed by atoms with Crippen LogP contribution in [0.4, 0.5) is 4.39 Å². The maximum Gasteiger partial charge on any atom is 0.299 e. The second-order valence-corrected chi connectivity index (χ2v) is 8.56. The fourth-order valence-corrected chi connectivity index (χ4v) is 4.43. The van der Waals surface area contributed by atoms with Gasteiger partial charge < -0.3 is 4.98 Å². The molecule has 9 heteroatoms. The Hall–Kier alpha value is -2.97. The number of hydrogen-bond acceptors (Lipinski definition) is 4. The first-order valence-corrected chi connectivity index (χ1v) is 10.2. The average molecular weight is 419 g/mol. The molecule has 0 aliphatic carbocycles. The van der Waals surface area contributed by atoms with Gasteiger partial charge in [-0.3, -0.25) is 5.21 Å². The van der Waals surface area contributed by atoms with Gasteiger partial charge in [0.05, 0.1) is 26.7 Å². The Morgan fingerprint density at radius 3 is 2.75 bits per heavy atom. The minimum Gasteiger partial charge on any atom is -0.333 e. The molecule has 2 N–H and O–H groups in total. The number of aromatic nitrogens is 3. The van der Waals surface area contributed by atoms with Crippen LogP contribution in [0.5, 0.6) is 0 Å². The third-order valence-electron chi connectivity index (χ3n) is 4.27. The van der Waals surface area contributed by atoms with E-state index < -0.39 is 21.4 Å². The van der Waals surface area contributed by atoms with Gasteiger partial charge in [0.25, 0.3) is 5.69 Å². The summed E-state index contributed by atoms with van der Waals surface area (Å²) >= 11 is 5.73. The molecular weight excluding hydrogens is 405 g/mol. The molecule has 28 heavy (non-hydrogen) atoms. The van der Waals surface area contributed by atoms with Gasteiger partial charge in [0.1, 0.15) is 5.82 Å². The number of rotatable bonds is 4. The molecule has 0 spiro atoms. The summed E-state index contributed by atoms with van der Waals surface area (Å²) < 4.78 is 40.5. The van der Waals surface area contributed by atoms with Gasteiger partial charge in [-0.15, -0.1) is 0 Å². The van der Waals surface area contributed by atoms with Crippen molar-refractivity contribution in [2.45, 2.75) is 10.6 Å². The van der Waals surface area contributed by atoms with Crippen LogP contribution in [0.3, 0.4) is 0 Å². The van der Waals surface area contributed by atoms with Gasteiger partial charge in [-0.05, 0) is 30.3 Å². The molecular formula is C19H14ClFN3O3S+. The number of H-pyrrole nitrogens is 1. The number of benzene rings is 2. The minimum atomic E-state index is -3.81. The van der Waals surface area contributed by atoms with Crippen molar-refractivity contribution in [1.82, 2.24) is 9.97 Å². The molecule has 4 aromatic rings. The van der Waals surface area contributed by atoms with Crippen LogP contribution in [0, 0.1) is 5.82 Å². The molecule has 0 bridgehead atoms. The molecule has 2 heterocycles. The molecule has 0 aliphatic heterocycles. The maximum atomic E-state index is 14.1. The molecule has 0 amide bonds. The van der Waals surface area contributed by atoms with Crippen molar-refractivity contribution in [1.29, 1.82) is 0 Å². The fraction of sp³-hybridized carbons (Fsp3) is 0.0526. The van der Waals surface area contributed by atoms with E-state index in [-0.39, 0.29) is 15.5 Å². The molecule has 0 saturated heterocycles. The van der Waals surface area contributed by atoms with Crippen LogP contribution < -0.4 is 4.73 Å². The van der Waals surface area contributed by atoms with Crippen LogP contribution in [0.2, 0.25) is 5.02 Å². The number of imidazole rings is 1. The van der Waals surface area contributed by atoms with E-state index in [1.54, 1.807) is 24.3 Å². The predicted octanol–water partition coefficient (Wildman–Crippen LogP) is 3.52. The Morgan fingerprint density at radius 2 is 1.96 bits per heavy atom. The van der Waals surface area contributed by atoms with E-state index in [9.17, 15) is 18.0 Å². The zero-order valence-electron chi connectivity index (χ0n) is 14.3. The number of hydrogen-bond donors (Lipinski definition) is 2. The molecule has 6 nitrogen and oxygen atoms in total. The summed E-state index contributed by atoms with van der Waals surface area (Å²) in [6.45, 7) is 0. The summed E-state index contributed by atoms with van der Waals surface area (Å²) in [7, 11) is -3.81. The third-order valence-corrected chi connectivity index (χ3v) is 6.23. The van der Waals surface area contributed by atoms with Gasteiger partial charge in [-0.2, -0.15) is 0 Å². The van der Waals surface area contributed by atoms with E-state index in [1.165, 1.54) is 36.5 Å². The first kappa shape index (κ1) is 18.4. The molecule has 4 rings (SSSR count). The monoisotopic (exact) mass is 418 g/mol. The highest BCUT2D eigenvalue weighted by atomic mass is 35.5. The van der Waals surface area contributed by atoms with E-state index in [1.807, 2.05) is 0 Å². The van der Waals surface area contributed by atoms with Crippen molar-refractivity contribution in [3.63, 3.8) is 0 Å². The summed E-state index contributed by atoms with van der Waals surface area (Å²) in [5.74, 6) is -0.877. The zero-order chi connectivity index (χ0) is 19.9. The molecule has 0 aliphatic rings. The van der Waals surface area contributed by atoms with Crippen LogP contribution >= 0.6 is 11.6 Å². The summed E-state index contributed by atoms with van der Waals surface area (Å²) in [6.07, 6.45) is 1.46. The number of aromatic amines is 1. The second-order valence-electron chi connectivity index (χ2n) is 6.17. The number of nitrogens with one attached hydrogen (secondary N) is 1. The highest BCUT2D eigenvalue weighted by Crippen LogP contribution is 2.25. The predicted molar refractivity (Wildman–Crippen MR) is 101 cm³/mol. The molecule has 0 fully saturated rings. The number of halogens is 2. The van der Waals surface area contributed by atoms with Gasteiger partial charge in [0.2, 0.25) is 12.0 Å². The summed E-state index contributed by atoms with van der Waals surface area (Å²) in [5, 5.41) is 9.78. The first-order chi connectivity index (χ1) is 13.3. The second kappa shape index (κ2) is 6.88. The topological polar surface area (TPSA) is 86.9 Å². The van der Waals surface area contributed by atoms with Crippen LogP contribution in [0.15, 0.2) is 65.7 Å². The van der Waals surface area contributed by atoms with Crippen molar-refractivity contribution in [2.24, 2.45) is 0 Å². The average Bonchev–Trinajstić information content (AvgIpc) is 3.09. The van der Waals surface area contributed by atoms with Gasteiger partial charge in [-0.25, -0.2) is 17.8 Å². The zero-order valence-corrected chi connectivity index (χ0v) is 15.9. The Labute approximate surface area is 164 Å². The van der Waals surface area contributed by atoms with E-state index in [0.717, 1.165) is 4.73 Å². The van der Waals surface area contributed by atoms with Gasteiger partial charge in [-0.1, -0.05) is 23.7 Å². The SMILES string of the molecule is O=S(=O)(Cc1cccc(Cl)c1F)c1ccc2[nH]c(-c3cccc[n+]3O)nc2c1. The van der Waals surface area contributed by atoms with Crippen molar-refractivity contribution < 1.29 is 22.7 Å². The quantitative estimate of drug-likeness (QED) is 0.392. The molecule has 0 unspecified atom stereocenters. The van der Waals surface area contributed by atoms with E-state index in [4.69, 9.17) is 11.6 Å². The third kappa shape index (κ3) is 3.32. The number of fused-ring (bicyclic) bond motifs is 1. The molecule has 0 atom stereocenters. The van der Waals surface area contributed by atoms with Gasteiger partial charge in [0, 0.05) is 22.4 Å². The lowest BCUT2D eigenvalue weighted by Gasteiger charge is -2.06. The van der Waals surface area contributed by atoms with Crippen molar-refractivity contribution >= 4 is 32.5 Å². The van der Waals surface area contributed by atoms with Gasteiger partial charge in [0.15, 0.2) is 9.84 Å². The fourth-order valence-electron chi connectivity index (χ4n) is 2.87. The molecule has 2 aromatic heterocycles. The lowest BCUT2D eigenvalue weighted by molar-refractivity contribution is -0.896. The Kier molecular flexibility index (Phi) is 4.52. The standard InChI is InChI=1S/C19H13ClFN3O3S/c20-14-5-3-4-12(18(14)21)11-28(26,27)13-7-8-15-16(10-13)23-19(22-15)17-6-1-2-9-24(17)25/h1-10,25H,11H2/p+1. The Morgan fingerprint density at radius 1 is 1.14 bits per heavy atom. The Balaban J connectivity index is 1.73. The first-order valence-electron chi connectivity index (χ1n) is 8.21. The summed E-state index contributed by atoms with van der Waals surface area (Å²) in [4.78, 5) is 7.41. The lowest BCUT2D eigenvalue weighted by atomic mass is 10.2. The van der Waals surface area contributed by atoms with Crippen molar-refractivity contribution in [3.05, 3.63) is 77.2 Å². The van der Waals surface area contributed by atoms with Crippen molar-refractivity contribution in [2.75, 3.05) is 0 Å². The smallest absolute Gasteiger partial charge is 0.299 e. The van der Waals surface area contributed by atoms with Gasteiger partial charge >= 0.3 is 0 Å². The van der Waals surface area contributed by atoms with Crippen LogP contribution in [0.25, 0.3) is 22.6 Å². The molecule has 0 radical (unpaired) electrons. The Bertz CT molecular complexity index is 1310. The minimum absolute atomic E-state index is 0.000853. The highest BCUT2D eigenvalue weighted by molar-refractivity contribution is 7.90. The van der Waals surface area contributed by atoms with Crippen molar-refractivity contribution in [3.8, 4) is 11.5 Å². The van der Waals surface area contributed by atoms with E-state index in [2.05, 4.69) is 9.97 Å². The highest BCUT2D eigenvalue weighted by Gasteiger charge is 2.21. The number of sulfone groups is 1. The lowest BCUT2D eigenvalue weighted by Crippen LogP contribution is -2.32. The molecule has 2 aromatic carbocycles. The molecule has 142 valence electrons. The van der Waals surface area contributed by atoms with E-state index in [0.29, 0.717) is 22.6 Å². The summed E-state index contributed by atoms with van der Waals surface area (Å²) in [5.41, 5.74) is 1.43. The maximum absolute atomic E-state index is 14.1. The normalized spacial score (nSPS) is 11.8. The molecule has 0 saturated carbocycles. The van der Waals surface area contributed by atoms with E-state index >= 15 is 0 Å². The largest absolute Gasteiger partial charge is 0.333 e. The van der Waals surface area contributed by atoms with Crippen LogP contribution in [-0.4, -0.2) is 23.6 Å². The van der Waals surface area contributed by atoms with Crippen LogP contribution in [-0.2, 0) is 15.6 Å².